The molecule has 0 saturated carbocycles. The van der Waals surface area contributed by atoms with Gasteiger partial charge in [0.05, 0.1) is 0 Å². The molecular weight excluding hydrogens is 220 g/mol. The highest BCUT2D eigenvalue weighted by molar-refractivity contribution is 5.51. The van der Waals surface area contributed by atoms with Crippen LogP contribution in [0.2, 0.25) is 0 Å². The maximum Gasteiger partial charge on any atom is 0.0343 e. The molecule has 18 heavy (non-hydrogen) atoms. The van der Waals surface area contributed by atoms with Crippen LogP contribution in [0.15, 0.2) is 18.2 Å². The van der Waals surface area contributed by atoms with E-state index >= 15 is 0 Å². The van der Waals surface area contributed by atoms with Crippen molar-refractivity contribution in [1.29, 1.82) is 0 Å². The Balaban J connectivity index is 1.87. The second-order valence-electron chi connectivity index (χ2n) is 5.66. The highest BCUT2D eigenvalue weighted by Gasteiger charge is 2.25. The van der Waals surface area contributed by atoms with Crippen LogP contribution in [0.4, 0.5) is 5.69 Å². The van der Waals surface area contributed by atoms with E-state index < -0.39 is 0 Å². The standard InChI is InChI=1S/C16H26N2/c1-12-10-14-11-15(6-7-16(14)13(12)2)18-9-5-3-4-8-17/h6-7,11-13,18H,3-5,8-10,17H2,1-2H3. The van der Waals surface area contributed by atoms with E-state index in [1.807, 2.05) is 0 Å². The monoisotopic (exact) mass is 246 g/mol. The number of hydrogen-bond acceptors (Lipinski definition) is 2. The Morgan fingerprint density at radius 2 is 2.06 bits per heavy atom. The molecule has 2 atom stereocenters. The first-order valence-electron chi connectivity index (χ1n) is 7.29. The van der Waals surface area contributed by atoms with Gasteiger partial charge in [0.15, 0.2) is 0 Å². The lowest BCUT2D eigenvalue weighted by molar-refractivity contribution is 0.532. The van der Waals surface area contributed by atoms with Crippen molar-refractivity contribution < 1.29 is 0 Å². The Hall–Kier alpha value is -1.02. The number of unbranched alkanes of at least 4 members (excludes halogenated alkanes) is 2. The number of rotatable bonds is 6. The van der Waals surface area contributed by atoms with Crippen molar-refractivity contribution in [2.45, 2.75) is 45.4 Å². The predicted molar refractivity (Wildman–Crippen MR) is 79.1 cm³/mol. The van der Waals surface area contributed by atoms with Gasteiger partial charge in [-0.1, -0.05) is 26.3 Å². The van der Waals surface area contributed by atoms with E-state index in [9.17, 15) is 0 Å². The summed E-state index contributed by atoms with van der Waals surface area (Å²) < 4.78 is 0. The SMILES string of the molecule is CC1Cc2cc(NCCCCCN)ccc2C1C. The molecule has 1 aliphatic carbocycles. The first-order valence-corrected chi connectivity index (χ1v) is 7.29. The maximum absolute atomic E-state index is 5.49. The third-order valence-electron chi connectivity index (χ3n) is 4.24. The van der Waals surface area contributed by atoms with Crippen molar-refractivity contribution >= 4 is 5.69 Å². The summed E-state index contributed by atoms with van der Waals surface area (Å²) >= 11 is 0. The Morgan fingerprint density at radius 1 is 1.22 bits per heavy atom. The molecule has 2 rings (SSSR count). The van der Waals surface area contributed by atoms with Gasteiger partial charge in [-0.2, -0.15) is 0 Å². The van der Waals surface area contributed by atoms with Gasteiger partial charge in [0, 0.05) is 12.2 Å². The third-order valence-corrected chi connectivity index (χ3v) is 4.24. The minimum Gasteiger partial charge on any atom is -0.385 e. The molecular formula is C16H26N2. The summed E-state index contributed by atoms with van der Waals surface area (Å²) in [6.07, 6.45) is 4.81. The van der Waals surface area contributed by atoms with Gasteiger partial charge in [-0.3, -0.25) is 0 Å². The number of anilines is 1. The van der Waals surface area contributed by atoms with Crippen LogP contribution in [0.3, 0.4) is 0 Å². The molecule has 1 aromatic rings. The zero-order chi connectivity index (χ0) is 13.0. The van der Waals surface area contributed by atoms with Crippen molar-refractivity contribution in [3.05, 3.63) is 29.3 Å². The molecule has 0 amide bonds. The van der Waals surface area contributed by atoms with Crippen LogP contribution in [0.5, 0.6) is 0 Å². The molecule has 0 aromatic heterocycles. The van der Waals surface area contributed by atoms with Gasteiger partial charge in [0.1, 0.15) is 0 Å². The molecule has 0 radical (unpaired) electrons. The van der Waals surface area contributed by atoms with Crippen LogP contribution in [-0.2, 0) is 6.42 Å². The summed E-state index contributed by atoms with van der Waals surface area (Å²) in [7, 11) is 0. The number of benzene rings is 1. The van der Waals surface area contributed by atoms with Crippen molar-refractivity contribution in [2.24, 2.45) is 11.7 Å². The average molecular weight is 246 g/mol. The molecule has 0 aliphatic heterocycles. The van der Waals surface area contributed by atoms with Gasteiger partial charge >= 0.3 is 0 Å². The molecule has 0 saturated heterocycles. The quantitative estimate of drug-likeness (QED) is 0.754. The van der Waals surface area contributed by atoms with Crippen LogP contribution in [0.1, 0.15) is 50.2 Å². The molecule has 100 valence electrons. The van der Waals surface area contributed by atoms with E-state index in [-0.39, 0.29) is 0 Å². The van der Waals surface area contributed by atoms with Crippen LogP contribution in [0.25, 0.3) is 0 Å². The summed E-state index contributed by atoms with van der Waals surface area (Å²) in [5.74, 6) is 1.51. The van der Waals surface area contributed by atoms with E-state index in [4.69, 9.17) is 5.73 Å². The number of nitrogens with one attached hydrogen (secondary N) is 1. The molecule has 0 heterocycles. The molecule has 1 aromatic carbocycles. The lowest BCUT2D eigenvalue weighted by atomic mass is 9.97. The minimum absolute atomic E-state index is 0.721. The normalized spacial score (nSPS) is 21.9. The van der Waals surface area contributed by atoms with Crippen LogP contribution < -0.4 is 11.1 Å². The smallest absolute Gasteiger partial charge is 0.0343 e. The van der Waals surface area contributed by atoms with E-state index in [0.717, 1.165) is 31.3 Å². The second-order valence-corrected chi connectivity index (χ2v) is 5.66. The second kappa shape index (κ2) is 6.24. The Bertz CT molecular complexity index is 387. The number of hydrogen-bond donors (Lipinski definition) is 2. The van der Waals surface area contributed by atoms with E-state index in [0.29, 0.717) is 0 Å². The van der Waals surface area contributed by atoms with Crippen LogP contribution in [-0.4, -0.2) is 13.1 Å². The van der Waals surface area contributed by atoms with E-state index in [2.05, 4.69) is 37.4 Å². The highest BCUT2D eigenvalue weighted by atomic mass is 14.9. The Morgan fingerprint density at radius 3 is 2.83 bits per heavy atom. The van der Waals surface area contributed by atoms with Gasteiger partial charge in [-0.25, -0.2) is 0 Å². The van der Waals surface area contributed by atoms with E-state index in [1.54, 1.807) is 11.1 Å². The van der Waals surface area contributed by atoms with Gasteiger partial charge in [0.2, 0.25) is 0 Å². The summed E-state index contributed by atoms with van der Waals surface area (Å²) in [5.41, 5.74) is 9.86. The van der Waals surface area contributed by atoms with Crippen molar-refractivity contribution in [2.75, 3.05) is 18.4 Å². The first kappa shape index (κ1) is 13.4. The molecule has 0 fully saturated rings. The summed E-state index contributed by atoms with van der Waals surface area (Å²) in [4.78, 5) is 0. The molecule has 2 nitrogen and oxygen atoms in total. The zero-order valence-corrected chi connectivity index (χ0v) is 11.7. The molecule has 2 unspecified atom stereocenters. The van der Waals surface area contributed by atoms with Crippen LogP contribution >= 0.6 is 0 Å². The Labute approximate surface area is 111 Å². The molecule has 0 bridgehead atoms. The first-order chi connectivity index (χ1) is 8.72. The summed E-state index contributed by atoms with van der Waals surface area (Å²) in [6.45, 7) is 6.57. The minimum atomic E-state index is 0.721. The number of nitrogens with two attached hydrogens (primary N) is 1. The molecule has 2 heteroatoms. The predicted octanol–water partition coefficient (Wildman–Crippen LogP) is 3.52. The number of fused-ring (bicyclic) bond motifs is 1. The van der Waals surface area contributed by atoms with Crippen molar-refractivity contribution in [3.8, 4) is 0 Å². The lowest BCUT2D eigenvalue weighted by Gasteiger charge is -2.10. The Kier molecular flexibility index (Phi) is 4.65. The topological polar surface area (TPSA) is 38.0 Å². The molecule has 3 N–H and O–H groups in total. The van der Waals surface area contributed by atoms with E-state index in [1.165, 1.54) is 24.9 Å². The molecule has 1 aliphatic rings. The zero-order valence-electron chi connectivity index (χ0n) is 11.7. The maximum atomic E-state index is 5.49. The van der Waals surface area contributed by atoms with Crippen molar-refractivity contribution in [3.63, 3.8) is 0 Å². The van der Waals surface area contributed by atoms with Gasteiger partial charge in [0.25, 0.3) is 0 Å². The highest BCUT2D eigenvalue weighted by Crippen LogP contribution is 2.38. The summed E-state index contributed by atoms with van der Waals surface area (Å²) in [5, 5.41) is 3.52. The van der Waals surface area contributed by atoms with Crippen molar-refractivity contribution in [1.82, 2.24) is 0 Å². The fourth-order valence-electron chi connectivity index (χ4n) is 2.85. The third kappa shape index (κ3) is 3.05. The average Bonchev–Trinajstić information content (AvgIpc) is 2.65. The fourth-order valence-corrected chi connectivity index (χ4v) is 2.85. The fraction of sp³-hybridized carbons (Fsp3) is 0.625. The van der Waals surface area contributed by atoms with Gasteiger partial charge in [-0.05, 0) is 60.9 Å². The van der Waals surface area contributed by atoms with Gasteiger partial charge < -0.3 is 11.1 Å². The van der Waals surface area contributed by atoms with Crippen LogP contribution in [0, 0.1) is 5.92 Å². The summed E-state index contributed by atoms with van der Waals surface area (Å²) in [6, 6.07) is 6.89. The van der Waals surface area contributed by atoms with Gasteiger partial charge in [-0.15, -0.1) is 0 Å². The lowest BCUT2D eigenvalue weighted by Crippen LogP contribution is -2.04. The molecule has 0 spiro atoms. The largest absolute Gasteiger partial charge is 0.385 e.